The van der Waals surface area contributed by atoms with Crippen LogP contribution in [0.15, 0.2) is 48.5 Å². The lowest BCUT2D eigenvalue weighted by Gasteiger charge is -2.22. The number of nitrogens with one attached hydrogen (secondary N) is 3. The van der Waals surface area contributed by atoms with Crippen LogP contribution >= 0.6 is 0 Å². The number of unbranched alkanes of at least 4 members (excludes halogenated alkanes) is 1. The summed E-state index contributed by atoms with van der Waals surface area (Å²) in [4.78, 5) is 50.6. The van der Waals surface area contributed by atoms with Crippen molar-refractivity contribution >= 4 is 24.1 Å². The van der Waals surface area contributed by atoms with Crippen molar-refractivity contribution in [1.82, 2.24) is 20.9 Å². The van der Waals surface area contributed by atoms with Crippen LogP contribution in [0.4, 0.5) is 9.59 Å². The van der Waals surface area contributed by atoms with Crippen molar-refractivity contribution in [2.45, 2.75) is 70.1 Å². The van der Waals surface area contributed by atoms with Crippen molar-refractivity contribution in [1.29, 1.82) is 0 Å². The summed E-state index contributed by atoms with van der Waals surface area (Å²) < 4.78 is 10.8. The summed E-state index contributed by atoms with van der Waals surface area (Å²) in [5, 5.41) is 17.8. The summed E-state index contributed by atoms with van der Waals surface area (Å²) in [5.41, 5.74) is 3.85. The Kier molecular flexibility index (Phi) is 10.6. The number of ether oxygens (including phenoxy) is 2. The van der Waals surface area contributed by atoms with Gasteiger partial charge in [0.25, 0.3) is 0 Å². The van der Waals surface area contributed by atoms with Gasteiger partial charge in [-0.05, 0) is 68.7 Å². The molecule has 11 heteroatoms. The largest absolute Gasteiger partial charge is 0.480 e. The number of alkyl carbamates (subject to hydrolysis) is 1. The highest BCUT2D eigenvalue weighted by Crippen LogP contribution is 2.44. The molecule has 1 saturated heterocycles. The summed E-state index contributed by atoms with van der Waals surface area (Å²) in [5.74, 6) is -1.54. The fraction of sp³-hybridized carbons (Fsp3) is 0.500. The monoisotopic (exact) mass is 594 g/mol. The molecule has 2 aromatic carbocycles. The summed E-state index contributed by atoms with van der Waals surface area (Å²) in [6.07, 6.45) is 1.18. The second-order valence-corrected chi connectivity index (χ2v) is 12.1. The van der Waals surface area contributed by atoms with Crippen LogP contribution in [0.1, 0.15) is 63.5 Å². The normalized spacial score (nSPS) is 17.0. The lowest BCUT2D eigenvalue weighted by molar-refractivity contribution is -0.155. The van der Waals surface area contributed by atoms with Crippen LogP contribution in [-0.4, -0.2) is 84.5 Å². The molecule has 0 spiro atoms. The maximum Gasteiger partial charge on any atom is 0.407 e. The minimum Gasteiger partial charge on any atom is -0.480 e. The van der Waals surface area contributed by atoms with Crippen LogP contribution in [0, 0.1) is 0 Å². The van der Waals surface area contributed by atoms with E-state index in [0.717, 1.165) is 28.7 Å². The van der Waals surface area contributed by atoms with Gasteiger partial charge in [-0.1, -0.05) is 48.5 Å². The average Bonchev–Trinajstić information content (AvgIpc) is 3.51. The van der Waals surface area contributed by atoms with E-state index in [1.54, 1.807) is 0 Å². The zero-order valence-electron chi connectivity index (χ0n) is 25.1. The first-order chi connectivity index (χ1) is 20.5. The third kappa shape index (κ3) is 9.18. The first-order valence-corrected chi connectivity index (χ1v) is 14.8. The molecule has 0 aromatic heterocycles. The number of carbonyl (C=O) groups excluding carboxylic acids is 3. The van der Waals surface area contributed by atoms with Crippen LogP contribution < -0.4 is 16.0 Å². The second-order valence-electron chi connectivity index (χ2n) is 12.1. The number of carboxylic acids is 1. The number of benzene rings is 2. The highest BCUT2D eigenvalue weighted by Gasteiger charge is 2.30. The number of fused-ring (bicyclic) bond motifs is 3. The summed E-state index contributed by atoms with van der Waals surface area (Å²) >= 11 is 0. The van der Waals surface area contributed by atoms with Crippen molar-refractivity contribution in [2.75, 3.05) is 32.8 Å². The molecule has 2 aromatic rings. The van der Waals surface area contributed by atoms with Crippen LogP contribution in [-0.2, 0) is 19.1 Å². The quantitative estimate of drug-likeness (QED) is 0.214. The molecule has 4 rings (SSSR count). The van der Waals surface area contributed by atoms with E-state index in [-0.39, 0.29) is 43.5 Å². The molecule has 1 heterocycles. The molecule has 2 atom stereocenters. The number of rotatable bonds is 12. The van der Waals surface area contributed by atoms with Crippen LogP contribution in [0.2, 0.25) is 0 Å². The number of carbonyl (C=O) groups is 4. The van der Waals surface area contributed by atoms with E-state index in [9.17, 15) is 24.3 Å². The van der Waals surface area contributed by atoms with E-state index in [1.807, 2.05) is 74.2 Å². The highest BCUT2D eigenvalue weighted by atomic mass is 16.6. The van der Waals surface area contributed by atoms with Gasteiger partial charge >= 0.3 is 24.1 Å². The van der Waals surface area contributed by atoms with Crippen molar-refractivity contribution in [3.63, 3.8) is 0 Å². The van der Waals surface area contributed by atoms with Gasteiger partial charge in [0.15, 0.2) is 0 Å². The van der Waals surface area contributed by atoms with Gasteiger partial charge in [0.2, 0.25) is 0 Å². The number of aliphatic carboxylic acids is 1. The number of likely N-dealkylation sites (tertiary alicyclic amines) is 1. The third-order valence-corrected chi connectivity index (χ3v) is 7.52. The lowest BCUT2D eigenvalue weighted by atomic mass is 9.98. The van der Waals surface area contributed by atoms with Gasteiger partial charge in [-0.25, -0.2) is 14.4 Å². The Morgan fingerprint density at radius 1 is 1.00 bits per heavy atom. The molecule has 1 fully saturated rings. The maximum absolute atomic E-state index is 12.5. The zero-order valence-corrected chi connectivity index (χ0v) is 25.1. The molecule has 2 aliphatic rings. The van der Waals surface area contributed by atoms with Crippen LogP contribution in [0.25, 0.3) is 11.1 Å². The highest BCUT2D eigenvalue weighted by molar-refractivity contribution is 5.81. The summed E-state index contributed by atoms with van der Waals surface area (Å²) in [6.45, 7) is 7.38. The van der Waals surface area contributed by atoms with E-state index in [4.69, 9.17) is 9.47 Å². The van der Waals surface area contributed by atoms with E-state index >= 15 is 0 Å². The Labute approximate surface area is 252 Å². The molecule has 43 heavy (non-hydrogen) atoms. The average molecular weight is 595 g/mol. The molecule has 4 N–H and O–H groups in total. The predicted octanol–water partition coefficient (Wildman–Crippen LogP) is 3.86. The van der Waals surface area contributed by atoms with Gasteiger partial charge in [0.1, 0.15) is 18.2 Å². The topological polar surface area (TPSA) is 146 Å². The van der Waals surface area contributed by atoms with E-state index in [2.05, 4.69) is 16.0 Å². The molecule has 0 saturated carbocycles. The number of urea groups is 1. The fourth-order valence-electron chi connectivity index (χ4n) is 5.60. The molecule has 11 nitrogen and oxygen atoms in total. The van der Waals surface area contributed by atoms with Crippen molar-refractivity contribution < 1.29 is 33.8 Å². The Balaban J connectivity index is 1.12. The molecule has 0 unspecified atom stereocenters. The number of amides is 3. The molecule has 1 aliphatic heterocycles. The summed E-state index contributed by atoms with van der Waals surface area (Å²) in [7, 11) is 0. The van der Waals surface area contributed by atoms with Gasteiger partial charge in [0, 0.05) is 31.6 Å². The third-order valence-electron chi connectivity index (χ3n) is 7.52. The standard InChI is InChI=1S/C32H42N4O7/c1-32(2,3)43-28(37)19-36-17-15-21(18-36)34-30(40)33-16-9-8-14-27(29(38)39)35-31(41)42-20-26-24-12-6-4-10-22(24)23-11-5-7-13-25(23)26/h4-7,10-13,21,26-27H,8-9,14-20H2,1-3H3,(H,35,41)(H,38,39)(H2,33,34,40)/t21-,27-/m1/s1. The number of hydrogen-bond acceptors (Lipinski definition) is 7. The fourth-order valence-corrected chi connectivity index (χ4v) is 5.60. The second kappa shape index (κ2) is 14.4. The smallest absolute Gasteiger partial charge is 0.407 e. The van der Waals surface area contributed by atoms with Gasteiger partial charge in [-0.15, -0.1) is 0 Å². The van der Waals surface area contributed by atoms with Crippen molar-refractivity contribution in [3.05, 3.63) is 59.7 Å². The number of carboxylic acid groups (broad SMARTS) is 1. The van der Waals surface area contributed by atoms with E-state index < -0.39 is 23.7 Å². The molecule has 3 amide bonds. The van der Waals surface area contributed by atoms with E-state index in [1.165, 1.54) is 0 Å². The van der Waals surface area contributed by atoms with Gasteiger partial charge in [0.05, 0.1) is 6.54 Å². The maximum atomic E-state index is 12.5. The molecule has 0 radical (unpaired) electrons. The van der Waals surface area contributed by atoms with Gasteiger partial charge < -0.3 is 30.5 Å². The molecular formula is C32H42N4O7. The minimum atomic E-state index is -1.14. The SMILES string of the molecule is CC(C)(C)OC(=O)CN1CC[C@@H](NC(=O)NCCCC[C@@H](NC(=O)OCC2c3ccccc3-c3ccccc32)C(=O)O)C1. The summed E-state index contributed by atoms with van der Waals surface area (Å²) in [6, 6.07) is 14.5. The first kappa shape index (κ1) is 31.8. The lowest BCUT2D eigenvalue weighted by Crippen LogP contribution is -2.44. The van der Waals surface area contributed by atoms with E-state index in [0.29, 0.717) is 32.5 Å². The molecule has 1 aliphatic carbocycles. The number of hydrogen-bond donors (Lipinski definition) is 4. The Hall–Kier alpha value is -4.12. The number of nitrogens with zero attached hydrogens (tertiary/aromatic N) is 1. The van der Waals surface area contributed by atoms with Crippen molar-refractivity contribution in [3.8, 4) is 11.1 Å². The minimum absolute atomic E-state index is 0.0692. The molecular weight excluding hydrogens is 552 g/mol. The van der Waals surface area contributed by atoms with Crippen LogP contribution in [0.5, 0.6) is 0 Å². The Morgan fingerprint density at radius 2 is 1.65 bits per heavy atom. The zero-order chi connectivity index (χ0) is 31.0. The van der Waals surface area contributed by atoms with Crippen molar-refractivity contribution in [2.24, 2.45) is 0 Å². The Morgan fingerprint density at radius 3 is 2.28 bits per heavy atom. The number of esters is 1. The molecule has 0 bridgehead atoms. The first-order valence-electron chi connectivity index (χ1n) is 14.8. The Bertz CT molecular complexity index is 1260. The predicted molar refractivity (Wildman–Crippen MR) is 161 cm³/mol. The van der Waals surface area contributed by atoms with Gasteiger partial charge in [-0.3, -0.25) is 9.69 Å². The van der Waals surface area contributed by atoms with Crippen LogP contribution in [0.3, 0.4) is 0 Å². The van der Waals surface area contributed by atoms with Gasteiger partial charge in [-0.2, -0.15) is 0 Å². The molecule has 232 valence electrons.